The Hall–Kier alpha value is -5.72. The van der Waals surface area contributed by atoms with E-state index in [1.165, 1.54) is 98.4 Å². The van der Waals surface area contributed by atoms with Gasteiger partial charge in [0.1, 0.15) is 0 Å². The second kappa shape index (κ2) is 9.64. The third-order valence-electron chi connectivity index (χ3n) is 10.7. The SMILES string of the molecule is CC1(C)c2c(ccc3ccccc23)-c2c1c1ccc(-c3cccc(-c4c5ccccc5cc5ccccc45)c3)cc1c1ccccc21. The van der Waals surface area contributed by atoms with Gasteiger partial charge in [-0.15, -0.1) is 0 Å². The van der Waals surface area contributed by atoms with Crippen molar-refractivity contribution in [2.24, 2.45) is 0 Å². The first-order valence-corrected chi connectivity index (χ1v) is 16.6. The molecule has 1 aliphatic carbocycles. The quantitative estimate of drug-likeness (QED) is 0.138. The average molecular weight is 597 g/mol. The largest absolute Gasteiger partial charge is 0.0616 e. The van der Waals surface area contributed by atoms with Crippen molar-refractivity contribution < 1.29 is 0 Å². The highest BCUT2D eigenvalue weighted by Gasteiger charge is 2.39. The van der Waals surface area contributed by atoms with Crippen LogP contribution in [0, 0.1) is 0 Å². The average Bonchev–Trinajstić information content (AvgIpc) is 3.37. The van der Waals surface area contributed by atoms with E-state index in [1.54, 1.807) is 0 Å². The first kappa shape index (κ1) is 26.5. The summed E-state index contributed by atoms with van der Waals surface area (Å²) in [5.74, 6) is 0. The standard InChI is InChI=1S/C47H32/c1-47(2)45-37-19-8-3-12-29(37)22-25-41(45)44-39-21-10-9-20-38(39)42-28-31(23-24-40(42)46(44)47)30-15-11-16-34(26-30)43-35-17-6-4-13-32(35)27-33-14-5-7-18-36(33)43/h3-28H,1-2H3. The molecule has 0 aromatic heterocycles. The Morgan fingerprint density at radius 1 is 0.319 bits per heavy atom. The van der Waals surface area contributed by atoms with Gasteiger partial charge in [-0.05, 0) is 117 Å². The molecule has 220 valence electrons. The van der Waals surface area contributed by atoms with Crippen molar-refractivity contribution in [3.05, 3.63) is 169 Å². The Morgan fingerprint density at radius 2 is 0.915 bits per heavy atom. The summed E-state index contributed by atoms with van der Waals surface area (Å²) >= 11 is 0. The lowest BCUT2D eigenvalue weighted by atomic mass is 9.77. The molecule has 0 nitrogen and oxygen atoms in total. The zero-order valence-electron chi connectivity index (χ0n) is 26.5. The summed E-state index contributed by atoms with van der Waals surface area (Å²) in [4.78, 5) is 0. The molecule has 0 bridgehead atoms. The highest BCUT2D eigenvalue weighted by atomic mass is 14.4. The predicted octanol–water partition coefficient (Wildman–Crippen LogP) is 13.1. The number of fused-ring (bicyclic) bond motifs is 12. The molecular weight excluding hydrogens is 565 g/mol. The molecule has 0 amide bonds. The molecule has 9 aromatic carbocycles. The van der Waals surface area contributed by atoms with Crippen LogP contribution in [0.25, 0.3) is 87.2 Å². The summed E-state index contributed by atoms with van der Waals surface area (Å²) in [7, 11) is 0. The maximum absolute atomic E-state index is 2.44. The van der Waals surface area contributed by atoms with Gasteiger partial charge in [0.25, 0.3) is 0 Å². The van der Waals surface area contributed by atoms with Gasteiger partial charge in [-0.1, -0.05) is 153 Å². The van der Waals surface area contributed by atoms with Crippen LogP contribution in [0.5, 0.6) is 0 Å². The highest BCUT2D eigenvalue weighted by Crippen LogP contribution is 2.56. The van der Waals surface area contributed by atoms with E-state index >= 15 is 0 Å². The fourth-order valence-electron chi connectivity index (χ4n) is 8.76. The molecule has 0 N–H and O–H groups in total. The van der Waals surface area contributed by atoms with Crippen molar-refractivity contribution >= 4 is 53.9 Å². The van der Waals surface area contributed by atoms with Crippen LogP contribution in [0.15, 0.2) is 158 Å². The molecule has 0 radical (unpaired) electrons. The Balaban J connectivity index is 1.22. The van der Waals surface area contributed by atoms with Crippen LogP contribution in [-0.4, -0.2) is 0 Å². The lowest BCUT2D eigenvalue weighted by molar-refractivity contribution is 0.672. The van der Waals surface area contributed by atoms with E-state index in [-0.39, 0.29) is 5.41 Å². The van der Waals surface area contributed by atoms with Crippen LogP contribution in [0.1, 0.15) is 25.0 Å². The first-order chi connectivity index (χ1) is 23.1. The molecule has 0 saturated carbocycles. The molecule has 0 saturated heterocycles. The van der Waals surface area contributed by atoms with Crippen LogP contribution < -0.4 is 0 Å². The van der Waals surface area contributed by atoms with Gasteiger partial charge >= 0.3 is 0 Å². The predicted molar refractivity (Wildman–Crippen MR) is 202 cm³/mol. The highest BCUT2D eigenvalue weighted by molar-refractivity contribution is 6.20. The van der Waals surface area contributed by atoms with Crippen molar-refractivity contribution in [2.45, 2.75) is 19.3 Å². The minimum absolute atomic E-state index is 0.134. The van der Waals surface area contributed by atoms with E-state index in [4.69, 9.17) is 0 Å². The van der Waals surface area contributed by atoms with Crippen LogP contribution in [-0.2, 0) is 5.41 Å². The fourth-order valence-corrected chi connectivity index (χ4v) is 8.76. The van der Waals surface area contributed by atoms with Crippen LogP contribution >= 0.6 is 0 Å². The topological polar surface area (TPSA) is 0 Å². The number of rotatable bonds is 2. The maximum atomic E-state index is 2.44. The van der Waals surface area contributed by atoms with E-state index in [2.05, 4.69) is 172 Å². The number of hydrogen-bond acceptors (Lipinski definition) is 0. The van der Waals surface area contributed by atoms with Gasteiger partial charge in [-0.3, -0.25) is 0 Å². The molecule has 0 atom stereocenters. The van der Waals surface area contributed by atoms with Crippen molar-refractivity contribution in [1.29, 1.82) is 0 Å². The van der Waals surface area contributed by atoms with Crippen LogP contribution in [0.2, 0.25) is 0 Å². The summed E-state index contributed by atoms with van der Waals surface area (Å²) in [5.41, 5.74) is 10.6. The normalized spacial score (nSPS) is 13.5. The molecule has 0 spiro atoms. The zero-order valence-corrected chi connectivity index (χ0v) is 26.5. The molecule has 10 rings (SSSR count). The monoisotopic (exact) mass is 596 g/mol. The van der Waals surface area contributed by atoms with E-state index in [9.17, 15) is 0 Å². The molecule has 1 aliphatic rings. The third-order valence-corrected chi connectivity index (χ3v) is 10.7. The fraction of sp³-hybridized carbons (Fsp3) is 0.0638. The molecule has 0 aliphatic heterocycles. The van der Waals surface area contributed by atoms with Crippen molar-refractivity contribution in [3.8, 4) is 33.4 Å². The molecule has 0 heteroatoms. The van der Waals surface area contributed by atoms with Gasteiger partial charge < -0.3 is 0 Å². The lowest BCUT2D eigenvalue weighted by Gasteiger charge is -2.25. The van der Waals surface area contributed by atoms with Crippen molar-refractivity contribution in [2.75, 3.05) is 0 Å². The zero-order chi connectivity index (χ0) is 31.3. The van der Waals surface area contributed by atoms with Crippen molar-refractivity contribution in [3.63, 3.8) is 0 Å². The van der Waals surface area contributed by atoms with E-state index in [0.29, 0.717) is 0 Å². The second-order valence-corrected chi connectivity index (χ2v) is 13.7. The Kier molecular flexibility index (Phi) is 5.44. The van der Waals surface area contributed by atoms with Gasteiger partial charge in [-0.25, -0.2) is 0 Å². The Labute approximate surface area is 274 Å². The molecule has 0 unspecified atom stereocenters. The van der Waals surface area contributed by atoms with Crippen molar-refractivity contribution in [1.82, 2.24) is 0 Å². The molecule has 0 fully saturated rings. The summed E-state index contributed by atoms with van der Waals surface area (Å²) in [5, 5.41) is 13.1. The molecule has 47 heavy (non-hydrogen) atoms. The van der Waals surface area contributed by atoms with E-state index < -0.39 is 0 Å². The summed E-state index contributed by atoms with van der Waals surface area (Å²) in [6.45, 7) is 4.84. The van der Waals surface area contributed by atoms with Gasteiger partial charge in [0.2, 0.25) is 0 Å². The molecule has 9 aromatic rings. The van der Waals surface area contributed by atoms with Gasteiger partial charge in [0.05, 0.1) is 0 Å². The summed E-state index contributed by atoms with van der Waals surface area (Å²) in [6.07, 6.45) is 0. The van der Waals surface area contributed by atoms with E-state index in [0.717, 1.165) is 0 Å². The summed E-state index contributed by atoms with van der Waals surface area (Å²) in [6, 6.07) is 58.7. The number of hydrogen-bond donors (Lipinski definition) is 0. The molecule has 0 heterocycles. The number of benzene rings is 9. The Morgan fingerprint density at radius 3 is 1.66 bits per heavy atom. The lowest BCUT2D eigenvalue weighted by Crippen LogP contribution is -2.16. The second-order valence-electron chi connectivity index (χ2n) is 13.7. The smallest absolute Gasteiger partial charge is 0.0171 e. The van der Waals surface area contributed by atoms with Gasteiger partial charge in [0, 0.05) is 5.41 Å². The van der Waals surface area contributed by atoms with Crippen LogP contribution in [0.4, 0.5) is 0 Å². The minimum atomic E-state index is -0.134. The third kappa shape index (κ3) is 3.70. The van der Waals surface area contributed by atoms with Gasteiger partial charge in [0.15, 0.2) is 0 Å². The first-order valence-electron chi connectivity index (χ1n) is 16.6. The van der Waals surface area contributed by atoms with E-state index in [1.807, 2.05) is 0 Å². The maximum Gasteiger partial charge on any atom is 0.0171 e. The van der Waals surface area contributed by atoms with Gasteiger partial charge in [-0.2, -0.15) is 0 Å². The minimum Gasteiger partial charge on any atom is -0.0616 e. The Bertz CT molecular complexity index is 2700. The summed E-state index contributed by atoms with van der Waals surface area (Å²) < 4.78 is 0. The molecular formula is C47H32. The van der Waals surface area contributed by atoms with Crippen LogP contribution in [0.3, 0.4) is 0 Å².